The van der Waals surface area contributed by atoms with Gasteiger partial charge in [-0.05, 0) is 31.6 Å². The molecule has 108 valence electrons. The number of aliphatic carboxylic acids is 1. The maximum absolute atomic E-state index is 12.1. The predicted octanol–water partition coefficient (Wildman–Crippen LogP) is 1.06. The summed E-state index contributed by atoms with van der Waals surface area (Å²) in [6.07, 6.45) is 3.86. The van der Waals surface area contributed by atoms with Crippen LogP contribution in [0.3, 0.4) is 0 Å². The van der Waals surface area contributed by atoms with E-state index in [9.17, 15) is 9.59 Å². The first kappa shape index (κ1) is 14.1. The molecule has 2 heterocycles. The Hall–Kier alpha value is -1.30. The van der Waals surface area contributed by atoms with Gasteiger partial charge in [-0.15, -0.1) is 0 Å². The average Bonchev–Trinajstić information content (AvgIpc) is 2.39. The van der Waals surface area contributed by atoms with E-state index >= 15 is 0 Å². The van der Waals surface area contributed by atoms with Gasteiger partial charge < -0.3 is 20.1 Å². The van der Waals surface area contributed by atoms with E-state index in [0.717, 1.165) is 38.8 Å². The highest BCUT2D eigenvalue weighted by Crippen LogP contribution is 2.20. The van der Waals surface area contributed by atoms with E-state index in [1.807, 2.05) is 0 Å². The minimum Gasteiger partial charge on any atom is -0.481 e. The first-order valence-electron chi connectivity index (χ1n) is 7.00. The predicted molar refractivity (Wildman–Crippen MR) is 68.9 cm³/mol. The van der Waals surface area contributed by atoms with Crippen molar-refractivity contribution in [2.45, 2.75) is 38.1 Å². The Morgan fingerprint density at radius 2 is 2.16 bits per heavy atom. The number of nitrogens with one attached hydrogen (secondary N) is 1. The maximum atomic E-state index is 12.1. The quantitative estimate of drug-likeness (QED) is 0.803. The Bertz CT molecular complexity index is 329. The Morgan fingerprint density at radius 1 is 1.32 bits per heavy atom. The van der Waals surface area contributed by atoms with Crippen LogP contribution in [0.4, 0.5) is 4.79 Å². The molecule has 2 fully saturated rings. The van der Waals surface area contributed by atoms with Crippen molar-refractivity contribution in [3.05, 3.63) is 0 Å². The Kier molecular flexibility index (Phi) is 5.01. The summed E-state index contributed by atoms with van der Waals surface area (Å²) in [5, 5.41) is 11.8. The maximum Gasteiger partial charge on any atom is 0.317 e. The van der Waals surface area contributed by atoms with Crippen molar-refractivity contribution in [2.24, 2.45) is 5.92 Å². The molecule has 19 heavy (non-hydrogen) atoms. The van der Waals surface area contributed by atoms with Crippen molar-refractivity contribution < 1.29 is 19.4 Å². The second kappa shape index (κ2) is 6.75. The molecule has 0 aromatic rings. The van der Waals surface area contributed by atoms with Crippen molar-refractivity contribution in [3.63, 3.8) is 0 Å². The molecule has 0 aromatic carbocycles. The SMILES string of the molecule is O=C(O)CC1CCCN(C(=O)NC2CCCOC2)C1. The second-order valence-corrected chi connectivity index (χ2v) is 5.42. The van der Waals surface area contributed by atoms with E-state index in [1.54, 1.807) is 4.90 Å². The van der Waals surface area contributed by atoms with Crippen molar-refractivity contribution >= 4 is 12.0 Å². The minimum atomic E-state index is -0.784. The largest absolute Gasteiger partial charge is 0.481 e. The van der Waals surface area contributed by atoms with Gasteiger partial charge in [0, 0.05) is 26.1 Å². The standard InChI is InChI=1S/C13H22N2O4/c16-12(17)7-10-3-1-5-15(8-10)13(18)14-11-4-2-6-19-9-11/h10-11H,1-9H2,(H,14,18)(H,16,17). The van der Waals surface area contributed by atoms with Gasteiger partial charge in [-0.2, -0.15) is 0 Å². The first-order chi connectivity index (χ1) is 9.15. The second-order valence-electron chi connectivity index (χ2n) is 5.42. The van der Waals surface area contributed by atoms with Gasteiger partial charge in [0.1, 0.15) is 0 Å². The molecule has 6 nitrogen and oxygen atoms in total. The number of carbonyl (C=O) groups excluding carboxylic acids is 1. The summed E-state index contributed by atoms with van der Waals surface area (Å²) in [6, 6.07) is 0.0201. The van der Waals surface area contributed by atoms with Gasteiger partial charge in [-0.25, -0.2) is 4.79 Å². The van der Waals surface area contributed by atoms with Crippen molar-refractivity contribution in [1.82, 2.24) is 10.2 Å². The van der Waals surface area contributed by atoms with Crippen LogP contribution in [-0.2, 0) is 9.53 Å². The fourth-order valence-electron chi connectivity index (χ4n) is 2.78. The lowest BCUT2D eigenvalue weighted by Crippen LogP contribution is -2.50. The van der Waals surface area contributed by atoms with Gasteiger partial charge in [0.05, 0.1) is 12.6 Å². The normalized spacial score (nSPS) is 27.9. The van der Waals surface area contributed by atoms with Gasteiger partial charge in [0.15, 0.2) is 0 Å². The molecule has 2 amide bonds. The number of nitrogens with zero attached hydrogens (tertiary/aromatic N) is 1. The minimum absolute atomic E-state index is 0.0782. The zero-order valence-electron chi connectivity index (χ0n) is 11.1. The number of carboxylic acids is 1. The Balaban J connectivity index is 1.79. The molecule has 2 saturated heterocycles. The molecule has 0 radical (unpaired) electrons. The van der Waals surface area contributed by atoms with Gasteiger partial charge in [-0.1, -0.05) is 0 Å². The Labute approximate surface area is 113 Å². The molecule has 2 unspecified atom stereocenters. The van der Waals surface area contributed by atoms with E-state index in [-0.39, 0.29) is 24.4 Å². The molecule has 0 saturated carbocycles. The van der Waals surface area contributed by atoms with Crippen LogP contribution in [0.1, 0.15) is 32.1 Å². The molecule has 2 atom stereocenters. The Morgan fingerprint density at radius 3 is 2.84 bits per heavy atom. The van der Waals surface area contributed by atoms with Crippen LogP contribution < -0.4 is 5.32 Å². The number of carbonyl (C=O) groups is 2. The van der Waals surface area contributed by atoms with E-state index < -0.39 is 5.97 Å². The molecule has 2 aliphatic heterocycles. The zero-order valence-corrected chi connectivity index (χ0v) is 11.1. The highest BCUT2D eigenvalue weighted by atomic mass is 16.5. The number of ether oxygens (including phenoxy) is 1. The molecule has 2 aliphatic rings. The molecule has 2 rings (SSSR count). The van der Waals surface area contributed by atoms with Gasteiger partial charge in [-0.3, -0.25) is 4.79 Å². The van der Waals surface area contributed by atoms with Crippen LogP contribution in [0.5, 0.6) is 0 Å². The number of rotatable bonds is 3. The highest BCUT2D eigenvalue weighted by Gasteiger charge is 2.26. The molecule has 0 aromatic heterocycles. The molecule has 2 N–H and O–H groups in total. The van der Waals surface area contributed by atoms with E-state index in [4.69, 9.17) is 9.84 Å². The summed E-state index contributed by atoms with van der Waals surface area (Å²) in [6.45, 7) is 2.62. The van der Waals surface area contributed by atoms with E-state index in [2.05, 4.69) is 5.32 Å². The highest BCUT2D eigenvalue weighted by molar-refractivity contribution is 5.75. The summed E-state index contributed by atoms with van der Waals surface area (Å²) in [4.78, 5) is 24.6. The number of likely N-dealkylation sites (tertiary alicyclic amines) is 1. The summed E-state index contributed by atoms with van der Waals surface area (Å²) in [7, 11) is 0. The van der Waals surface area contributed by atoms with Gasteiger partial charge in [0.2, 0.25) is 0 Å². The molecule has 6 heteroatoms. The van der Waals surface area contributed by atoms with Crippen LogP contribution in [0.2, 0.25) is 0 Å². The van der Waals surface area contributed by atoms with Crippen LogP contribution in [0.25, 0.3) is 0 Å². The van der Waals surface area contributed by atoms with Crippen LogP contribution in [0.15, 0.2) is 0 Å². The van der Waals surface area contributed by atoms with E-state index in [0.29, 0.717) is 13.2 Å². The van der Waals surface area contributed by atoms with Crippen molar-refractivity contribution in [2.75, 3.05) is 26.3 Å². The molecule has 0 spiro atoms. The summed E-state index contributed by atoms with van der Waals surface area (Å²) < 4.78 is 5.33. The first-order valence-corrected chi connectivity index (χ1v) is 7.00. The fraction of sp³-hybridized carbons (Fsp3) is 0.846. The number of hydrogen-bond donors (Lipinski definition) is 2. The van der Waals surface area contributed by atoms with Crippen LogP contribution in [-0.4, -0.2) is 54.4 Å². The molecule has 0 bridgehead atoms. The van der Waals surface area contributed by atoms with Crippen molar-refractivity contribution in [3.8, 4) is 0 Å². The number of carboxylic acid groups (broad SMARTS) is 1. The third-order valence-electron chi connectivity index (χ3n) is 3.76. The summed E-state index contributed by atoms with van der Waals surface area (Å²) in [5.41, 5.74) is 0. The third-order valence-corrected chi connectivity index (χ3v) is 3.76. The molecular formula is C13H22N2O4. The number of piperidine rings is 1. The lowest BCUT2D eigenvalue weighted by Gasteiger charge is -2.34. The monoisotopic (exact) mass is 270 g/mol. The summed E-state index contributed by atoms with van der Waals surface area (Å²) >= 11 is 0. The van der Waals surface area contributed by atoms with Crippen LogP contribution >= 0.6 is 0 Å². The van der Waals surface area contributed by atoms with E-state index in [1.165, 1.54) is 0 Å². The van der Waals surface area contributed by atoms with Crippen LogP contribution in [0, 0.1) is 5.92 Å². The lowest BCUT2D eigenvalue weighted by atomic mass is 9.95. The average molecular weight is 270 g/mol. The topological polar surface area (TPSA) is 78.9 Å². The molecule has 0 aliphatic carbocycles. The van der Waals surface area contributed by atoms with Gasteiger partial charge in [0.25, 0.3) is 0 Å². The smallest absolute Gasteiger partial charge is 0.317 e. The molecular weight excluding hydrogens is 248 g/mol. The summed E-state index contributed by atoms with van der Waals surface area (Å²) in [5.74, 6) is -0.701. The number of amides is 2. The number of hydrogen-bond acceptors (Lipinski definition) is 3. The third kappa shape index (κ3) is 4.38. The van der Waals surface area contributed by atoms with Crippen molar-refractivity contribution in [1.29, 1.82) is 0 Å². The zero-order chi connectivity index (χ0) is 13.7. The van der Waals surface area contributed by atoms with Gasteiger partial charge >= 0.3 is 12.0 Å². The fourth-order valence-corrected chi connectivity index (χ4v) is 2.78. The lowest BCUT2D eigenvalue weighted by molar-refractivity contribution is -0.138. The number of urea groups is 1.